The van der Waals surface area contributed by atoms with Gasteiger partial charge in [0.1, 0.15) is 11.7 Å². The fourth-order valence-electron chi connectivity index (χ4n) is 2.42. The van der Waals surface area contributed by atoms with E-state index < -0.39 is 30.3 Å². The Bertz CT molecular complexity index is 413. The molecule has 1 heterocycles. The summed E-state index contributed by atoms with van der Waals surface area (Å²) in [4.78, 5) is 0. The lowest BCUT2D eigenvalue weighted by molar-refractivity contribution is -0.304. The van der Waals surface area contributed by atoms with Gasteiger partial charge < -0.3 is 19.7 Å². The average molecular weight is 270 g/mol. The maximum atomic E-state index is 14.0. The summed E-state index contributed by atoms with van der Waals surface area (Å²) in [6.07, 6.45) is -5.11. The van der Waals surface area contributed by atoms with E-state index in [0.29, 0.717) is 0 Å². The SMILES string of the molecule is CO[C@H]1O[C@H](C)[C@@](O)(Cc2ccccc2)[C@@H](O)[C@H]1F. The molecule has 5 heteroatoms. The van der Waals surface area contributed by atoms with Gasteiger partial charge in [0.2, 0.25) is 0 Å². The molecule has 0 radical (unpaired) electrons. The van der Waals surface area contributed by atoms with Crippen LogP contribution in [0.25, 0.3) is 0 Å². The third kappa shape index (κ3) is 2.65. The van der Waals surface area contributed by atoms with Crippen molar-refractivity contribution < 1.29 is 24.1 Å². The number of rotatable bonds is 3. The molecule has 1 fully saturated rings. The molecule has 1 aliphatic heterocycles. The lowest BCUT2D eigenvalue weighted by Crippen LogP contribution is -2.65. The maximum Gasteiger partial charge on any atom is 0.191 e. The number of hydrogen-bond donors (Lipinski definition) is 2. The number of aliphatic hydroxyl groups excluding tert-OH is 1. The molecule has 0 aromatic heterocycles. The van der Waals surface area contributed by atoms with Crippen molar-refractivity contribution in [3.63, 3.8) is 0 Å². The van der Waals surface area contributed by atoms with Crippen molar-refractivity contribution >= 4 is 0 Å². The molecule has 5 atom stereocenters. The van der Waals surface area contributed by atoms with Gasteiger partial charge in [0.15, 0.2) is 12.5 Å². The molecule has 1 aromatic rings. The quantitative estimate of drug-likeness (QED) is 0.862. The lowest BCUT2D eigenvalue weighted by atomic mass is 9.80. The summed E-state index contributed by atoms with van der Waals surface area (Å²) in [7, 11) is 1.30. The van der Waals surface area contributed by atoms with E-state index in [0.717, 1.165) is 5.56 Å². The third-order valence-electron chi connectivity index (χ3n) is 3.68. The highest BCUT2D eigenvalue weighted by molar-refractivity contribution is 5.19. The van der Waals surface area contributed by atoms with Crippen molar-refractivity contribution in [2.45, 2.75) is 43.6 Å². The van der Waals surface area contributed by atoms with Crippen molar-refractivity contribution in [3.05, 3.63) is 35.9 Å². The van der Waals surface area contributed by atoms with Gasteiger partial charge in [0, 0.05) is 13.5 Å². The second kappa shape index (κ2) is 5.54. The van der Waals surface area contributed by atoms with Gasteiger partial charge in [-0.1, -0.05) is 30.3 Å². The van der Waals surface area contributed by atoms with Crippen LogP contribution in [0, 0.1) is 0 Å². The van der Waals surface area contributed by atoms with Crippen LogP contribution in [0.4, 0.5) is 4.39 Å². The van der Waals surface area contributed by atoms with Gasteiger partial charge in [-0.3, -0.25) is 0 Å². The Kier molecular flexibility index (Phi) is 4.20. The molecule has 19 heavy (non-hydrogen) atoms. The van der Waals surface area contributed by atoms with Crippen molar-refractivity contribution in [3.8, 4) is 0 Å². The van der Waals surface area contributed by atoms with E-state index in [4.69, 9.17) is 9.47 Å². The zero-order chi connectivity index (χ0) is 14.0. The van der Waals surface area contributed by atoms with E-state index in [-0.39, 0.29) is 6.42 Å². The fourth-order valence-corrected chi connectivity index (χ4v) is 2.42. The van der Waals surface area contributed by atoms with E-state index >= 15 is 0 Å². The predicted molar refractivity (Wildman–Crippen MR) is 67.3 cm³/mol. The molecule has 1 aliphatic rings. The summed E-state index contributed by atoms with van der Waals surface area (Å²) in [5.74, 6) is 0. The van der Waals surface area contributed by atoms with E-state index in [9.17, 15) is 14.6 Å². The second-order valence-electron chi connectivity index (χ2n) is 4.93. The zero-order valence-corrected chi connectivity index (χ0v) is 11.0. The fraction of sp³-hybridized carbons (Fsp3) is 0.571. The molecular formula is C14H19FO4. The lowest BCUT2D eigenvalue weighted by Gasteiger charge is -2.46. The molecular weight excluding hydrogens is 251 g/mol. The van der Waals surface area contributed by atoms with Gasteiger partial charge in [-0.15, -0.1) is 0 Å². The van der Waals surface area contributed by atoms with Gasteiger partial charge in [0.05, 0.1) is 6.10 Å². The second-order valence-corrected chi connectivity index (χ2v) is 4.93. The summed E-state index contributed by atoms with van der Waals surface area (Å²) in [6, 6.07) is 9.12. The van der Waals surface area contributed by atoms with E-state index in [2.05, 4.69) is 0 Å². The molecule has 106 valence electrons. The maximum absolute atomic E-state index is 14.0. The number of benzene rings is 1. The van der Waals surface area contributed by atoms with Crippen molar-refractivity contribution in [2.24, 2.45) is 0 Å². The van der Waals surface area contributed by atoms with Crippen LogP contribution in [0.5, 0.6) is 0 Å². The van der Waals surface area contributed by atoms with Crippen LogP contribution < -0.4 is 0 Å². The highest BCUT2D eigenvalue weighted by atomic mass is 19.1. The van der Waals surface area contributed by atoms with Crippen molar-refractivity contribution in [1.82, 2.24) is 0 Å². The average Bonchev–Trinajstić information content (AvgIpc) is 2.42. The molecule has 0 saturated carbocycles. The summed E-state index contributed by atoms with van der Waals surface area (Å²) in [5.41, 5.74) is -0.863. The monoisotopic (exact) mass is 270 g/mol. The van der Waals surface area contributed by atoms with Crippen LogP contribution in [0.15, 0.2) is 30.3 Å². The molecule has 0 spiro atoms. The van der Waals surface area contributed by atoms with Crippen LogP contribution >= 0.6 is 0 Å². The van der Waals surface area contributed by atoms with Crippen LogP contribution in [0.2, 0.25) is 0 Å². The van der Waals surface area contributed by atoms with Gasteiger partial charge in [-0.25, -0.2) is 4.39 Å². The van der Waals surface area contributed by atoms with Crippen LogP contribution in [-0.4, -0.2) is 47.6 Å². The minimum Gasteiger partial charge on any atom is -0.387 e. The minimum absolute atomic E-state index is 0.118. The smallest absolute Gasteiger partial charge is 0.191 e. The van der Waals surface area contributed by atoms with Crippen molar-refractivity contribution in [1.29, 1.82) is 0 Å². The number of alkyl halides is 1. The van der Waals surface area contributed by atoms with Crippen LogP contribution in [-0.2, 0) is 15.9 Å². The Labute approximate surface area is 111 Å². The standard InChI is InChI=1S/C14H19FO4/c1-9-14(17,8-10-6-4-3-5-7-10)12(16)11(15)13(18-2)19-9/h3-7,9,11-13,16-17H,8H2,1-2H3/t9-,11-,12+,13+,14+/m1/s1. The summed E-state index contributed by atoms with van der Waals surface area (Å²) in [5, 5.41) is 20.6. The third-order valence-corrected chi connectivity index (χ3v) is 3.68. The molecule has 1 saturated heterocycles. The van der Waals surface area contributed by atoms with Gasteiger partial charge in [-0.2, -0.15) is 0 Å². The highest BCUT2D eigenvalue weighted by Gasteiger charge is 2.53. The van der Waals surface area contributed by atoms with Gasteiger partial charge in [-0.05, 0) is 12.5 Å². The normalized spacial score (nSPS) is 39.2. The number of ether oxygens (including phenoxy) is 2. The number of methoxy groups -OCH3 is 1. The Morgan fingerprint density at radius 1 is 1.37 bits per heavy atom. The molecule has 0 bridgehead atoms. The number of halogens is 1. The number of hydrogen-bond acceptors (Lipinski definition) is 4. The Hall–Kier alpha value is -1.01. The Morgan fingerprint density at radius 3 is 2.58 bits per heavy atom. The van der Waals surface area contributed by atoms with Crippen molar-refractivity contribution in [2.75, 3.05) is 7.11 Å². The van der Waals surface area contributed by atoms with E-state index in [1.165, 1.54) is 7.11 Å². The molecule has 0 unspecified atom stereocenters. The molecule has 2 N–H and O–H groups in total. The largest absolute Gasteiger partial charge is 0.387 e. The Morgan fingerprint density at radius 2 is 2.00 bits per heavy atom. The van der Waals surface area contributed by atoms with Gasteiger partial charge >= 0.3 is 0 Å². The van der Waals surface area contributed by atoms with Gasteiger partial charge in [0.25, 0.3) is 0 Å². The van der Waals surface area contributed by atoms with E-state index in [1.807, 2.05) is 30.3 Å². The number of aliphatic hydroxyl groups is 2. The molecule has 2 rings (SSSR count). The molecule has 0 aliphatic carbocycles. The topological polar surface area (TPSA) is 58.9 Å². The molecule has 1 aromatic carbocycles. The molecule has 0 amide bonds. The first-order chi connectivity index (χ1) is 8.99. The van der Waals surface area contributed by atoms with E-state index in [1.54, 1.807) is 6.92 Å². The predicted octanol–water partition coefficient (Wildman–Crippen LogP) is 1.05. The first-order valence-electron chi connectivity index (χ1n) is 6.25. The van der Waals surface area contributed by atoms with Crippen LogP contribution in [0.1, 0.15) is 12.5 Å². The zero-order valence-electron chi connectivity index (χ0n) is 11.0. The molecule has 4 nitrogen and oxygen atoms in total. The first-order valence-corrected chi connectivity index (χ1v) is 6.25. The highest BCUT2D eigenvalue weighted by Crippen LogP contribution is 2.34. The Balaban J connectivity index is 2.21. The summed E-state index contributed by atoms with van der Waals surface area (Å²) >= 11 is 0. The van der Waals surface area contributed by atoms with Crippen LogP contribution in [0.3, 0.4) is 0 Å². The summed E-state index contributed by atoms with van der Waals surface area (Å²) in [6.45, 7) is 1.60. The minimum atomic E-state index is -1.78. The first kappa shape index (κ1) is 14.4. The summed E-state index contributed by atoms with van der Waals surface area (Å²) < 4.78 is 24.1.